The molecule has 3 aliphatic rings. The second-order valence-electron chi connectivity index (χ2n) is 11.3. The van der Waals surface area contributed by atoms with Crippen molar-refractivity contribution in [2.75, 3.05) is 0 Å². The second-order valence-corrected chi connectivity index (χ2v) is 11.3. The summed E-state index contributed by atoms with van der Waals surface area (Å²) in [4.78, 5) is 0. The van der Waals surface area contributed by atoms with Crippen LogP contribution in [0.3, 0.4) is 0 Å². The first-order chi connectivity index (χ1) is 14.5. The van der Waals surface area contributed by atoms with Crippen molar-refractivity contribution in [3.63, 3.8) is 0 Å². The molecule has 0 unspecified atom stereocenters. The van der Waals surface area contributed by atoms with Crippen molar-refractivity contribution in [3.8, 4) is 0 Å². The van der Waals surface area contributed by atoms with E-state index >= 15 is 0 Å². The van der Waals surface area contributed by atoms with E-state index in [4.69, 9.17) is 0 Å². The topological polar surface area (TPSA) is 60.7 Å². The van der Waals surface area contributed by atoms with Crippen molar-refractivity contribution in [1.29, 1.82) is 0 Å². The molecule has 0 aliphatic heterocycles. The molecule has 0 spiro atoms. The van der Waals surface area contributed by atoms with Gasteiger partial charge in [0.1, 0.15) is 0 Å². The zero-order valence-electron chi connectivity index (χ0n) is 20.1. The highest BCUT2D eigenvalue weighted by Gasteiger charge is 2.50. The molecule has 0 radical (unpaired) electrons. The zero-order valence-corrected chi connectivity index (χ0v) is 20.1. The monoisotopic (exact) mass is 428 g/mol. The summed E-state index contributed by atoms with van der Waals surface area (Å²) >= 11 is 0. The molecule has 3 N–H and O–H groups in total. The molecule has 3 rings (SSSR count). The fourth-order valence-corrected chi connectivity index (χ4v) is 6.49. The third-order valence-electron chi connectivity index (χ3n) is 8.30. The Morgan fingerprint density at radius 1 is 1.23 bits per heavy atom. The SMILES string of the molecule is C=C1/C(=C/C=C2\CCC[C@]3(C)[C@@H]([C@H](C)/C=C/CCC(C)(C)O)CC[C@@H]23)C[C@@H](O)C[C@@H]1O. The Balaban J connectivity index is 1.70. The van der Waals surface area contributed by atoms with Crippen molar-refractivity contribution in [3.05, 3.63) is 47.6 Å². The van der Waals surface area contributed by atoms with Gasteiger partial charge in [-0.05, 0) is 99.5 Å². The summed E-state index contributed by atoms with van der Waals surface area (Å²) in [5, 5.41) is 30.1. The fourth-order valence-electron chi connectivity index (χ4n) is 6.49. The van der Waals surface area contributed by atoms with Gasteiger partial charge in [-0.2, -0.15) is 0 Å². The lowest BCUT2D eigenvalue weighted by Crippen LogP contribution is -2.35. The van der Waals surface area contributed by atoms with Crippen LogP contribution in [0.25, 0.3) is 0 Å². The van der Waals surface area contributed by atoms with Crippen LogP contribution in [0.5, 0.6) is 0 Å². The van der Waals surface area contributed by atoms with Gasteiger partial charge in [0.15, 0.2) is 0 Å². The first-order valence-electron chi connectivity index (χ1n) is 12.3. The predicted molar refractivity (Wildman–Crippen MR) is 129 cm³/mol. The minimum atomic E-state index is -0.620. The number of allylic oxidation sites excluding steroid dienone is 5. The van der Waals surface area contributed by atoms with Crippen molar-refractivity contribution >= 4 is 0 Å². The Bertz CT molecular complexity index is 738. The molecular formula is C28H44O3. The van der Waals surface area contributed by atoms with Gasteiger partial charge >= 0.3 is 0 Å². The normalized spacial score (nSPS) is 38.2. The fraction of sp³-hybridized carbons (Fsp3) is 0.714. The Labute approximate surface area is 189 Å². The van der Waals surface area contributed by atoms with Gasteiger partial charge in [-0.25, -0.2) is 0 Å². The van der Waals surface area contributed by atoms with Crippen LogP contribution in [0.15, 0.2) is 47.6 Å². The van der Waals surface area contributed by atoms with E-state index < -0.39 is 17.8 Å². The molecule has 0 aromatic rings. The maximum atomic E-state index is 10.1. The number of hydrogen-bond acceptors (Lipinski definition) is 3. The van der Waals surface area contributed by atoms with Gasteiger partial charge in [0.05, 0.1) is 17.8 Å². The Morgan fingerprint density at radius 2 is 1.97 bits per heavy atom. The van der Waals surface area contributed by atoms with Crippen LogP contribution in [-0.4, -0.2) is 33.1 Å². The largest absolute Gasteiger partial charge is 0.393 e. The average Bonchev–Trinajstić information content (AvgIpc) is 3.03. The van der Waals surface area contributed by atoms with Gasteiger partial charge < -0.3 is 15.3 Å². The van der Waals surface area contributed by atoms with Crippen LogP contribution in [-0.2, 0) is 0 Å². The maximum absolute atomic E-state index is 10.1. The van der Waals surface area contributed by atoms with Crippen LogP contribution in [0.1, 0.15) is 85.5 Å². The number of hydrogen-bond donors (Lipinski definition) is 3. The van der Waals surface area contributed by atoms with Crippen LogP contribution in [0.4, 0.5) is 0 Å². The maximum Gasteiger partial charge on any atom is 0.0811 e. The van der Waals surface area contributed by atoms with Gasteiger partial charge in [0.2, 0.25) is 0 Å². The van der Waals surface area contributed by atoms with E-state index in [1.165, 1.54) is 25.7 Å². The predicted octanol–water partition coefficient (Wildman–Crippen LogP) is 5.87. The third kappa shape index (κ3) is 5.80. The molecule has 0 aromatic heterocycles. The van der Waals surface area contributed by atoms with E-state index in [1.807, 2.05) is 13.8 Å². The van der Waals surface area contributed by atoms with Crippen LogP contribution in [0.2, 0.25) is 0 Å². The first kappa shape index (κ1) is 24.5. The van der Waals surface area contributed by atoms with E-state index in [2.05, 4.69) is 44.7 Å². The standard InChI is InChI=1S/C28H44O3/c1-19(9-6-7-15-27(3,4)31)24-13-14-25-21(10-8-16-28(24,25)5)11-12-22-17-23(29)18-26(30)20(22)2/h6,9,11-12,19,23-26,29-31H,2,7-8,10,13-18H2,1,3-5H3/b9-6+,21-11+,22-12+/t19-,23-,24-,25+,26+,28-/m1/s1. The summed E-state index contributed by atoms with van der Waals surface area (Å²) < 4.78 is 0. The number of fused-ring (bicyclic) bond motifs is 1. The highest BCUT2D eigenvalue weighted by atomic mass is 16.3. The van der Waals surface area contributed by atoms with Crippen molar-refractivity contribution < 1.29 is 15.3 Å². The lowest BCUT2D eigenvalue weighted by atomic mass is 9.61. The van der Waals surface area contributed by atoms with E-state index in [0.717, 1.165) is 30.4 Å². The number of rotatable bonds is 6. The molecule has 3 nitrogen and oxygen atoms in total. The quantitative estimate of drug-likeness (QED) is 0.464. The highest BCUT2D eigenvalue weighted by molar-refractivity contribution is 5.38. The van der Waals surface area contributed by atoms with E-state index in [-0.39, 0.29) is 0 Å². The third-order valence-corrected chi connectivity index (χ3v) is 8.30. The van der Waals surface area contributed by atoms with Gasteiger partial charge in [0.25, 0.3) is 0 Å². The van der Waals surface area contributed by atoms with Gasteiger partial charge in [0, 0.05) is 6.42 Å². The van der Waals surface area contributed by atoms with E-state index in [1.54, 1.807) is 5.57 Å². The lowest BCUT2D eigenvalue weighted by molar-refractivity contribution is 0.0720. The van der Waals surface area contributed by atoms with Crippen molar-refractivity contribution in [2.24, 2.45) is 23.2 Å². The highest BCUT2D eigenvalue weighted by Crippen LogP contribution is 2.59. The Morgan fingerprint density at radius 3 is 2.68 bits per heavy atom. The molecule has 3 heteroatoms. The molecule has 0 bridgehead atoms. The molecule has 0 heterocycles. The van der Waals surface area contributed by atoms with Gasteiger partial charge in [-0.1, -0.05) is 50.3 Å². The summed E-state index contributed by atoms with van der Waals surface area (Å²) in [6.07, 6.45) is 16.9. The summed E-state index contributed by atoms with van der Waals surface area (Å²) in [6, 6.07) is 0. The summed E-state index contributed by atoms with van der Waals surface area (Å²) in [6.45, 7) is 12.7. The molecule has 0 aromatic carbocycles. The summed E-state index contributed by atoms with van der Waals surface area (Å²) in [5.74, 6) is 1.88. The van der Waals surface area contributed by atoms with Gasteiger partial charge in [-0.3, -0.25) is 0 Å². The van der Waals surface area contributed by atoms with Crippen molar-refractivity contribution in [2.45, 2.75) is 103 Å². The molecule has 6 atom stereocenters. The molecule has 174 valence electrons. The minimum Gasteiger partial charge on any atom is -0.393 e. The second kappa shape index (κ2) is 9.77. The minimum absolute atomic E-state index is 0.338. The van der Waals surface area contributed by atoms with Gasteiger partial charge in [-0.15, -0.1) is 0 Å². The summed E-state index contributed by atoms with van der Waals surface area (Å²) in [5.41, 5.74) is 3.07. The smallest absolute Gasteiger partial charge is 0.0811 e. The van der Waals surface area contributed by atoms with E-state index in [0.29, 0.717) is 36.0 Å². The van der Waals surface area contributed by atoms with Crippen LogP contribution < -0.4 is 0 Å². The molecular weight excluding hydrogens is 384 g/mol. The molecule has 3 aliphatic carbocycles. The molecule has 0 saturated heterocycles. The Kier molecular flexibility index (Phi) is 7.71. The van der Waals surface area contributed by atoms with Crippen LogP contribution in [0, 0.1) is 23.2 Å². The zero-order chi connectivity index (χ0) is 22.8. The molecule has 31 heavy (non-hydrogen) atoms. The first-order valence-corrected chi connectivity index (χ1v) is 12.3. The van der Waals surface area contributed by atoms with E-state index in [9.17, 15) is 15.3 Å². The molecule has 3 fully saturated rings. The lowest BCUT2D eigenvalue weighted by Gasteiger charge is -2.44. The summed E-state index contributed by atoms with van der Waals surface area (Å²) in [7, 11) is 0. The van der Waals surface area contributed by atoms with Crippen molar-refractivity contribution in [1.82, 2.24) is 0 Å². The van der Waals surface area contributed by atoms with Crippen LogP contribution >= 0.6 is 0 Å². The molecule has 3 saturated carbocycles. The average molecular weight is 429 g/mol. The number of aliphatic hydroxyl groups excluding tert-OH is 2. The Hall–Kier alpha value is -1.16. The molecule has 0 amide bonds. The number of aliphatic hydroxyl groups is 3.